The SMILES string of the molecule is CC(C)OCCCNC(=O)NCCc1ccc(Br)s1. The zero-order valence-electron chi connectivity index (χ0n) is 11.4. The van der Waals surface area contributed by atoms with Crippen molar-refractivity contribution in [3.05, 3.63) is 20.8 Å². The van der Waals surface area contributed by atoms with E-state index in [1.807, 2.05) is 19.9 Å². The lowest BCUT2D eigenvalue weighted by molar-refractivity contribution is 0.0774. The van der Waals surface area contributed by atoms with Gasteiger partial charge in [-0.05, 0) is 54.8 Å². The van der Waals surface area contributed by atoms with Gasteiger partial charge in [0.25, 0.3) is 0 Å². The van der Waals surface area contributed by atoms with Crippen LogP contribution in [0.4, 0.5) is 4.79 Å². The number of halogens is 1. The van der Waals surface area contributed by atoms with Gasteiger partial charge in [-0.2, -0.15) is 0 Å². The van der Waals surface area contributed by atoms with Crippen LogP contribution in [0.15, 0.2) is 15.9 Å². The Kier molecular flexibility index (Phi) is 8.09. The molecule has 0 aliphatic heterocycles. The Bertz CT molecular complexity index is 382. The quantitative estimate of drug-likeness (QED) is 0.709. The van der Waals surface area contributed by atoms with E-state index in [2.05, 4.69) is 32.6 Å². The molecule has 0 atom stereocenters. The normalized spacial score (nSPS) is 10.7. The van der Waals surface area contributed by atoms with Crippen molar-refractivity contribution < 1.29 is 9.53 Å². The highest BCUT2D eigenvalue weighted by molar-refractivity contribution is 9.11. The third-order valence-corrected chi connectivity index (χ3v) is 4.03. The van der Waals surface area contributed by atoms with Crippen LogP contribution in [0.25, 0.3) is 0 Å². The lowest BCUT2D eigenvalue weighted by atomic mass is 10.3. The number of ether oxygens (including phenoxy) is 1. The van der Waals surface area contributed by atoms with Crippen molar-refractivity contribution in [2.45, 2.75) is 32.8 Å². The fourth-order valence-electron chi connectivity index (χ4n) is 1.44. The Morgan fingerprint density at radius 3 is 2.74 bits per heavy atom. The van der Waals surface area contributed by atoms with E-state index in [4.69, 9.17) is 4.74 Å². The molecule has 0 unspecified atom stereocenters. The van der Waals surface area contributed by atoms with E-state index in [1.54, 1.807) is 11.3 Å². The highest BCUT2D eigenvalue weighted by atomic mass is 79.9. The highest BCUT2D eigenvalue weighted by Gasteiger charge is 2.01. The Morgan fingerprint density at radius 1 is 1.37 bits per heavy atom. The number of rotatable bonds is 8. The lowest BCUT2D eigenvalue weighted by Crippen LogP contribution is -2.37. The number of thiophene rings is 1. The summed E-state index contributed by atoms with van der Waals surface area (Å²) in [6, 6.07) is 3.98. The Labute approximate surface area is 127 Å². The molecule has 2 amide bonds. The average molecular weight is 349 g/mol. The first kappa shape index (κ1) is 16.5. The molecule has 0 radical (unpaired) electrons. The molecule has 0 saturated carbocycles. The molecule has 0 aromatic carbocycles. The predicted octanol–water partition coefficient (Wildman–Crippen LogP) is 3.17. The van der Waals surface area contributed by atoms with Gasteiger partial charge in [0, 0.05) is 24.6 Å². The van der Waals surface area contributed by atoms with E-state index in [-0.39, 0.29) is 12.1 Å². The molecule has 0 saturated heterocycles. The molecule has 0 bridgehead atoms. The van der Waals surface area contributed by atoms with Crippen molar-refractivity contribution in [2.75, 3.05) is 19.7 Å². The summed E-state index contributed by atoms with van der Waals surface area (Å²) < 4.78 is 6.51. The topological polar surface area (TPSA) is 50.4 Å². The first-order valence-electron chi connectivity index (χ1n) is 6.45. The molecule has 0 aliphatic rings. The highest BCUT2D eigenvalue weighted by Crippen LogP contribution is 2.21. The molecule has 0 aliphatic carbocycles. The van der Waals surface area contributed by atoms with E-state index in [9.17, 15) is 4.79 Å². The largest absolute Gasteiger partial charge is 0.379 e. The summed E-state index contributed by atoms with van der Waals surface area (Å²) in [5, 5.41) is 5.65. The van der Waals surface area contributed by atoms with Crippen LogP contribution in [0.1, 0.15) is 25.1 Å². The number of hydrogen-bond acceptors (Lipinski definition) is 3. The third kappa shape index (κ3) is 8.23. The smallest absolute Gasteiger partial charge is 0.314 e. The number of carbonyl (C=O) groups is 1. The predicted molar refractivity (Wildman–Crippen MR) is 82.8 cm³/mol. The molecule has 0 fully saturated rings. The van der Waals surface area contributed by atoms with Gasteiger partial charge in [0.05, 0.1) is 9.89 Å². The zero-order chi connectivity index (χ0) is 14.1. The second kappa shape index (κ2) is 9.34. The number of carbonyl (C=O) groups excluding carboxylic acids is 1. The summed E-state index contributed by atoms with van der Waals surface area (Å²) >= 11 is 5.11. The Hall–Kier alpha value is -0.590. The van der Waals surface area contributed by atoms with Gasteiger partial charge in [-0.25, -0.2) is 4.79 Å². The first-order valence-corrected chi connectivity index (χ1v) is 8.06. The molecular weight excluding hydrogens is 328 g/mol. The number of hydrogen-bond donors (Lipinski definition) is 2. The van der Waals surface area contributed by atoms with Gasteiger partial charge in [-0.15, -0.1) is 11.3 Å². The van der Waals surface area contributed by atoms with Crippen molar-refractivity contribution in [2.24, 2.45) is 0 Å². The summed E-state index contributed by atoms with van der Waals surface area (Å²) in [6.07, 6.45) is 1.95. The summed E-state index contributed by atoms with van der Waals surface area (Å²) in [4.78, 5) is 12.7. The van der Waals surface area contributed by atoms with Gasteiger partial charge in [0.1, 0.15) is 0 Å². The van der Waals surface area contributed by atoms with Gasteiger partial charge in [0.2, 0.25) is 0 Å². The first-order chi connectivity index (χ1) is 9.08. The lowest BCUT2D eigenvalue weighted by Gasteiger charge is -2.09. The van der Waals surface area contributed by atoms with E-state index >= 15 is 0 Å². The van der Waals surface area contributed by atoms with Crippen molar-refractivity contribution in [1.82, 2.24) is 10.6 Å². The molecule has 6 heteroatoms. The van der Waals surface area contributed by atoms with Crippen LogP contribution in [-0.2, 0) is 11.2 Å². The molecule has 1 aromatic rings. The van der Waals surface area contributed by atoms with E-state index in [0.717, 1.165) is 16.6 Å². The number of nitrogens with one attached hydrogen (secondary N) is 2. The van der Waals surface area contributed by atoms with Crippen LogP contribution in [0.3, 0.4) is 0 Å². The molecule has 2 N–H and O–H groups in total. The van der Waals surface area contributed by atoms with Gasteiger partial charge in [0.15, 0.2) is 0 Å². The molecule has 19 heavy (non-hydrogen) atoms. The maximum atomic E-state index is 11.5. The van der Waals surface area contributed by atoms with Crippen LogP contribution in [0, 0.1) is 0 Å². The number of urea groups is 1. The van der Waals surface area contributed by atoms with Crippen LogP contribution in [-0.4, -0.2) is 31.8 Å². The summed E-state index contributed by atoms with van der Waals surface area (Å²) in [5.41, 5.74) is 0. The Balaban J connectivity index is 1.99. The molecule has 1 heterocycles. The third-order valence-electron chi connectivity index (χ3n) is 2.34. The maximum Gasteiger partial charge on any atom is 0.314 e. The van der Waals surface area contributed by atoms with Crippen molar-refractivity contribution in [3.8, 4) is 0 Å². The summed E-state index contributed by atoms with van der Waals surface area (Å²) in [6.45, 7) is 5.98. The fraction of sp³-hybridized carbons (Fsp3) is 0.615. The zero-order valence-corrected chi connectivity index (χ0v) is 13.8. The van der Waals surface area contributed by atoms with Gasteiger partial charge >= 0.3 is 6.03 Å². The van der Waals surface area contributed by atoms with Crippen LogP contribution < -0.4 is 10.6 Å². The molecule has 1 rings (SSSR count). The standard InChI is InChI=1S/C13H21BrN2O2S/c1-10(2)18-9-3-7-15-13(17)16-8-6-11-4-5-12(14)19-11/h4-5,10H,3,6-9H2,1-2H3,(H2,15,16,17). The second-order valence-corrected chi connectivity index (χ2v) is 6.96. The van der Waals surface area contributed by atoms with E-state index in [1.165, 1.54) is 4.88 Å². The Morgan fingerprint density at radius 2 is 2.11 bits per heavy atom. The van der Waals surface area contributed by atoms with E-state index in [0.29, 0.717) is 19.7 Å². The monoisotopic (exact) mass is 348 g/mol. The minimum Gasteiger partial charge on any atom is -0.379 e. The minimum atomic E-state index is -0.111. The van der Waals surface area contributed by atoms with Crippen molar-refractivity contribution >= 4 is 33.3 Å². The van der Waals surface area contributed by atoms with Gasteiger partial charge in [-0.3, -0.25) is 0 Å². The molecular formula is C13H21BrN2O2S. The number of amides is 2. The van der Waals surface area contributed by atoms with Crippen LogP contribution in [0.2, 0.25) is 0 Å². The maximum absolute atomic E-state index is 11.5. The van der Waals surface area contributed by atoms with Gasteiger partial charge < -0.3 is 15.4 Å². The van der Waals surface area contributed by atoms with Gasteiger partial charge in [-0.1, -0.05) is 0 Å². The molecule has 1 aromatic heterocycles. The van der Waals surface area contributed by atoms with Crippen LogP contribution >= 0.6 is 27.3 Å². The summed E-state index contributed by atoms with van der Waals surface area (Å²) in [7, 11) is 0. The van der Waals surface area contributed by atoms with Crippen LogP contribution in [0.5, 0.6) is 0 Å². The molecule has 0 spiro atoms. The molecule has 108 valence electrons. The molecule has 4 nitrogen and oxygen atoms in total. The van der Waals surface area contributed by atoms with Crippen molar-refractivity contribution in [3.63, 3.8) is 0 Å². The summed E-state index contributed by atoms with van der Waals surface area (Å²) in [5.74, 6) is 0. The second-order valence-electron chi connectivity index (χ2n) is 4.41. The average Bonchev–Trinajstić information content (AvgIpc) is 2.74. The van der Waals surface area contributed by atoms with Crippen molar-refractivity contribution in [1.29, 1.82) is 0 Å². The minimum absolute atomic E-state index is 0.111. The fourth-order valence-corrected chi connectivity index (χ4v) is 2.92. The van der Waals surface area contributed by atoms with E-state index < -0.39 is 0 Å².